The quantitative estimate of drug-likeness (QED) is 0.497. The van der Waals surface area contributed by atoms with Crippen LogP contribution in [0.2, 0.25) is 0 Å². The SMILES string of the molecule is COc1ccc(-c2[nH]n(Cc3ccccc3)c(=O)c2/C=C2/C=Nc3ccccc32)cc1. The predicted octanol–water partition coefficient (Wildman–Crippen LogP) is 5.16. The van der Waals surface area contributed by atoms with Crippen molar-refractivity contribution in [3.8, 4) is 17.0 Å². The monoisotopic (exact) mass is 407 g/mol. The molecule has 0 saturated heterocycles. The largest absolute Gasteiger partial charge is 0.497 e. The number of para-hydroxylation sites is 1. The molecule has 5 rings (SSSR count). The zero-order valence-corrected chi connectivity index (χ0v) is 17.1. The average Bonchev–Trinajstić information content (AvgIpc) is 3.37. The summed E-state index contributed by atoms with van der Waals surface area (Å²) in [7, 11) is 1.64. The van der Waals surface area contributed by atoms with Crippen LogP contribution in [0, 0.1) is 0 Å². The summed E-state index contributed by atoms with van der Waals surface area (Å²) in [6.45, 7) is 0.469. The van der Waals surface area contributed by atoms with E-state index < -0.39 is 0 Å². The average molecular weight is 407 g/mol. The molecule has 1 N–H and O–H groups in total. The van der Waals surface area contributed by atoms with Gasteiger partial charge in [0.15, 0.2) is 0 Å². The molecule has 0 spiro atoms. The minimum atomic E-state index is -0.0695. The van der Waals surface area contributed by atoms with Crippen molar-refractivity contribution in [1.29, 1.82) is 0 Å². The Morgan fingerprint density at radius 3 is 2.48 bits per heavy atom. The molecule has 1 aliphatic heterocycles. The van der Waals surface area contributed by atoms with E-state index in [4.69, 9.17) is 4.74 Å². The molecular formula is C26H21N3O2. The van der Waals surface area contributed by atoms with Crippen LogP contribution in [0.15, 0.2) is 88.6 Å². The number of nitrogens with one attached hydrogen (secondary N) is 1. The second-order valence-corrected chi connectivity index (χ2v) is 7.38. The minimum absolute atomic E-state index is 0.0695. The van der Waals surface area contributed by atoms with Gasteiger partial charge >= 0.3 is 0 Å². The van der Waals surface area contributed by atoms with E-state index in [1.807, 2.05) is 91.2 Å². The van der Waals surface area contributed by atoms with Crippen LogP contribution in [-0.4, -0.2) is 23.1 Å². The van der Waals surface area contributed by atoms with Gasteiger partial charge in [0.2, 0.25) is 0 Å². The number of benzene rings is 3. The van der Waals surface area contributed by atoms with Gasteiger partial charge in [-0.25, -0.2) is 4.68 Å². The molecule has 3 aromatic carbocycles. The summed E-state index contributed by atoms with van der Waals surface area (Å²) in [5, 5.41) is 3.32. The first-order valence-corrected chi connectivity index (χ1v) is 10.1. The summed E-state index contributed by atoms with van der Waals surface area (Å²) in [4.78, 5) is 17.9. The number of methoxy groups -OCH3 is 1. The summed E-state index contributed by atoms with van der Waals surface area (Å²) in [5.74, 6) is 0.770. The second kappa shape index (κ2) is 7.95. The molecule has 0 aliphatic carbocycles. The van der Waals surface area contributed by atoms with Crippen molar-refractivity contribution in [2.45, 2.75) is 6.54 Å². The topological polar surface area (TPSA) is 59.4 Å². The number of hydrogen-bond acceptors (Lipinski definition) is 3. The summed E-state index contributed by atoms with van der Waals surface area (Å²) in [6, 6.07) is 25.6. The lowest BCUT2D eigenvalue weighted by Gasteiger charge is -2.04. The molecule has 0 saturated carbocycles. The van der Waals surface area contributed by atoms with Gasteiger partial charge in [0.05, 0.1) is 30.6 Å². The lowest BCUT2D eigenvalue weighted by molar-refractivity contribution is 0.415. The van der Waals surface area contributed by atoms with Crippen molar-refractivity contribution >= 4 is 23.6 Å². The third kappa shape index (κ3) is 3.62. The minimum Gasteiger partial charge on any atom is -0.497 e. The summed E-state index contributed by atoms with van der Waals surface area (Å²) in [5.41, 5.74) is 6.15. The van der Waals surface area contributed by atoms with Gasteiger partial charge in [-0.15, -0.1) is 0 Å². The fraction of sp³-hybridized carbons (Fsp3) is 0.0769. The second-order valence-electron chi connectivity index (χ2n) is 7.38. The van der Waals surface area contributed by atoms with Gasteiger partial charge in [0.25, 0.3) is 5.56 Å². The zero-order chi connectivity index (χ0) is 21.2. The maximum Gasteiger partial charge on any atom is 0.274 e. The molecule has 0 bridgehead atoms. The predicted molar refractivity (Wildman–Crippen MR) is 125 cm³/mol. The van der Waals surface area contributed by atoms with E-state index in [2.05, 4.69) is 10.1 Å². The van der Waals surface area contributed by atoms with E-state index in [9.17, 15) is 4.79 Å². The van der Waals surface area contributed by atoms with Gasteiger partial charge in [0, 0.05) is 22.9 Å². The van der Waals surface area contributed by atoms with Crippen LogP contribution in [0.4, 0.5) is 5.69 Å². The molecule has 1 aliphatic rings. The molecule has 5 nitrogen and oxygen atoms in total. The van der Waals surface area contributed by atoms with Crippen molar-refractivity contribution in [3.63, 3.8) is 0 Å². The number of aromatic nitrogens is 2. The van der Waals surface area contributed by atoms with Gasteiger partial charge < -0.3 is 4.74 Å². The van der Waals surface area contributed by atoms with Gasteiger partial charge in [-0.3, -0.25) is 14.9 Å². The highest BCUT2D eigenvalue weighted by molar-refractivity contribution is 6.21. The molecular weight excluding hydrogens is 386 g/mol. The van der Waals surface area contributed by atoms with E-state index in [0.717, 1.165) is 39.4 Å². The standard InChI is InChI=1S/C26H21N3O2/c1-31-21-13-11-19(12-14-21)25-23(15-20-16-27-24-10-6-5-9-22(20)24)26(30)29(28-25)17-18-7-3-2-4-8-18/h2-16,28H,17H2,1H3/b20-15-. The van der Waals surface area contributed by atoms with Crippen LogP contribution in [0.25, 0.3) is 22.9 Å². The van der Waals surface area contributed by atoms with Crippen molar-refractivity contribution in [3.05, 3.63) is 106 Å². The van der Waals surface area contributed by atoms with E-state index >= 15 is 0 Å². The number of allylic oxidation sites excluding steroid dienone is 1. The first kappa shape index (κ1) is 18.9. The van der Waals surface area contributed by atoms with Gasteiger partial charge in [-0.1, -0.05) is 48.5 Å². The van der Waals surface area contributed by atoms with Gasteiger partial charge in [-0.05, 0) is 42.0 Å². The Morgan fingerprint density at radius 1 is 0.968 bits per heavy atom. The molecule has 0 radical (unpaired) electrons. The normalized spacial score (nSPS) is 13.5. The van der Waals surface area contributed by atoms with Crippen molar-refractivity contribution < 1.29 is 4.74 Å². The summed E-state index contributed by atoms with van der Waals surface area (Å²) >= 11 is 0. The molecule has 2 heterocycles. The number of hydrogen-bond donors (Lipinski definition) is 1. The van der Waals surface area contributed by atoms with E-state index in [-0.39, 0.29) is 5.56 Å². The molecule has 0 atom stereocenters. The third-order valence-corrected chi connectivity index (χ3v) is 5.41. The Labute approximate surface area is 180 Å². The van der Waals surface area contributed by atoms with Crippen molar-refractivity contribution in [2.75, 3.05) is 7.11 Å². The van der Waals surface area contributed by atoms with Crippen LogP contribution in [0.3, 0.4) is 0 Å². The maximum atomic E-state index is 13.4. The smallest absolute Gasteiger partial charge is 0.274 e. The lowest BCUT2D eigenvalue weighted by Crippen LogP contribution is -2.18. The molecule has 0 unspecified atom stereocenters. The van der Waals surface area contributed by atoms with Crippen LogP contribution in [-0.2, 0) is 6.54 Å². The first-order chi connectivity index (χ1) is 15.2. The molecule has 152 valence electrons. The Bertz CT molecular complexity index is 1340. The van der Waals surface area contributed by atoms with Crippen LogP contribution >= 0.6 is 0 Å². The first-order valence-electron chi connectivity index (χ1n) is 10.1. The van der Waals surface area contributed by atoms with Crippen molar-refractivity contribution in [2.24, 2.45) is 4.99 Å². The highest BCUT2D eigenvalue weighted by Gasteiger charge is 2.18. The van der Waals surface area contributed by atoms with Crippen LogP contribution in [0.1, 0.15) is 16.7 Å². The molecule has 0 amide bonds. The highest BCUT2D eigenvalue weighted by Crippen LogP contribution is 2.33. The zero-order valence-electron chi connectivity index (χ0n) is 17.1. The molecule has 4 aromatic rings. The highest BCUT2D eigenvalue weighted by atomic mass is 16.5. The molecule has 1 aromatic heterocycles. The molecule has 31 heavy (non-hydrogen) atoms. The summed E-state index contributed by atoms with van der Waals surface area (Å²) < 4.78 is 6.94. The van der Waals surface area contributed by atoms with E-state index in [0.29, 0.717) is 12.1 Å². The molecule has 5 heteroatoms. The Balaban J connectivity index is 1.64. The third-order valence-electron chi connectivity index (χ3n) is 5.41. The number of H-pyrrole nitrogens is 1. The summed E-state index contributed by atoms with van der Waals surface area (Å²) in [6.07, 6.45) is 3.74. The number of fused-ring (bicyclic) bond motifs is 1. The Morgan fingerprint density at radius 2 is 1.71 bits per heavy atom. The number of rotatable bonds is 5. The van der Waals surface area contributed by atoms with E-state index in [1.54, 1.807) is 11.8 Å². The van der Waals surface area contributed by atoms with Gasteiger partial charge in [-0.2, -0.15) is 0 Å². The maximum absolute atomic E-state index is 13.4. The number of ether oxygens (including phenoxy) is 1. The number of aliphatic imine (C=N–C) groups is 1. The Kier molecular flexibility index (Phi) is 4.84. The van der Waals surface area contributed by atoms with E-state index in [1.165, 1.54) is 0 Å². The number of aromatic amines is 1. The number of nitrogens with zero attached hydrogens (tertiary/aromatic N) is 2. The fourth-order valence-electron chi connectivity index (χ4n) is 3.80. The molecule has 0 fully saturated rings. The van der Waals surface area contributed by atoms with Crippen LogP contribution in [0.5, 0.6) is 5.75 Å². The van der Waals surface area contributed by atoms with Crippen LogP contribution < -0.4 is 10.3 Å². The lowest BCUT2D eigenvalue weighted by atomic mass is 10.0. The van der Waals surface area contributed by atoms with Crippen molar-refractivity contribution in [1.82, 2.24) is 9.78 Å². The van der Waals surface area contributed by atoms with Gasteiger partial charge in [0.1, 0.15) is 5.75 Å². The fourth-order valence-corrected chi connectivity index (χ4v) is 3.80. The Hall–Kier alpha value is -4.12.